The van der Waals surface area contributed by atoms with E-state index in [-0.39, 0.29) is 36.3 Å². The van der Waals surface area contributed by atoms with E-state index in [9.17, 15) is 9.59 Å². The maximum atomic E-state index is 12.3. The van der Waals surface area contributed by atoms with E-state index in [1.165, 1.54) is 0 Å². The number of carbonyl (C=O) groups is 1. The molecule has 1 heterocycles. The standard InChI is InChI=1S/C18H22ClN5O3/c1-4-27-15(25)9-8-12-11(3)21-18(23-16(12)26)24-17(20)22-14-7-5-6-13(19)10(14)2/h5-7H,4,8-9H2,1-3H3,(H4,20,21,22,23,24,26). The number of aliphatic imine (C=N–C) groups is 1. The zero-order valence-electron chi connectivity index (χ0n) is 15.4. The molecule has 0 aliphatic carbocycles. The molecule has 9 heteroatoms. The second-order valence-corrected chi connectivity index (χ2v) is 6.20. The van der Waals surface area contributed by atoms with Gasteiger partial charge < -0.3 is 15.8 Å². The van der Waals surface area contributed by atoms with E-state index in [2.05, 4.69) is 20.3 Å². The Morgan fingerprint density at radius 2 is 2.15 bits per heavy atom. The van der Waals surface area contributed by atoms with Crippen molar-refractivity contribution >= 4 is 35.2 Å². The number of halogens is 1. The number of rotatable bonds is 6. The van der Waals surface area contributed by atoms with E-state index in [0.717, 1.165) is 5.56 Å². The lowest BCUT2D eigenvalue weighted by Crippen LogP contribution is -2.24. The molecule has 0 aliphatic heterocycles. The Bertz CT molecular complexity index is 924. The molecule has 0 saturated heterocycles. The van der Waals surface area contributed by atoms with E-state index in [4.69, 9.17) is 22.1 Å². The largest absolute Gasteiger partial charge is 0.466 e. The van der Waals surface area contributed by atoms with Gasteiger partial charge in [0.15, 0.2) is 0 Å². The third kappa shape index (κ3) is 5.55. The number of nitrogens with two attached hydrogens (primary N) is 1. The monoisotopic (exact) mass is 391 g/mol. The number of nitrogens with zero attached hydrogens (tertiary/aromatic N) is 2. The maximum Gasteiger partial charge on any atom is 0.306 e. The van der Waals surface area contributed by atoms with Crippen LogP contribution in [0.3, 0.4) is 0 Å². The number of aryl methyl sites for hydroxylation is 1. The third-order valence-electron chi connectivity index (χ3n) is 3.85. The fraction of sp³-hybridized carbons (Fsp3) is 0.333. The number of benzene rings is 1. The van der Waals surface area contributed by atoms with Gasteiger partial charge >= 0.3 is 5.97 Å². The molecule has 2 rings (SSSR count). The lowest BCUT2D eigenvalue weighted by Gasteiger charge is -2.10. The minimum atomic E-state index is -0.364. The highest BCUT2D eigenvalue weighted by molar-refractivity contribution is 6.31. The van der Waals surface area contributed by atoms with Gasteiger partial charge in [0, 0.05) is 22.7 Å². The predicted molar refractivity (Wildman–Crippen MR) is 106 cm³/mol. The Morgan fingerprint density at radius 1 is 1.41 bits per heavy atom. The van der Waals surface area contributed by atoms with Crippen LogP contribution in [-0.2, 0) is 16.0 Å². The smallest absolute Gasteiger partial charge is 0.306 e. The second-order valence-electron chi connectivity index (χ2n) is 5.79. The van der Waals surface area contributed by atoms with Crippen LogP contribution in [0, 0.1) is 13.8 Å². The Labute approximate surface area is 161 Å². The third-order valence-corrected chi connectivity index (χ3v) is 4.26. The maximum absolute atomic E-state index is 12.3. The van der Waals surface area contributed by atoms with Gasteiger partial charge in [-0.05, 0) is 44.9 Å². The number of anilines is 1. The molecular weight excluding hydrogens is 370 g/mol. The van der Waals surface area contributed by atoms with Crippen molar-refractivity contribution in [1.29, 1.82) is 0 Å². The van der Waals surface area contributed by atoms with Crippen molar-refractivity contribution in [3.8, 4) is 0 Å². The number of carbonyl (C=O) groups excluding carboxylic acids is 1. The summed E-state index contributed by atoms with van der Waals surface area (Å²) in [5, 5.41) is 3.53. The lowest BCUT2D eigenvalue weighted by molar-refractivity contribution is -0.143. The van der Waals surface area contributed by atoms with E-state index >= 15 is 0 Å². The van der Waals surface area contributed by atoms with Gasteiger partial charge in [-0.2, -0.15) is 4.99 Å². The number of esters is 1. The molecule has 144 valence electrons. The van der Waals surface area contributed by atoms with Crippen molar-refractivity contribution in [1.82, 2.24) is 9.97 Å². The summed E-state index contributed by atoms with van der Waals surface area (Å²) in [7, 11) is 0. The summed E-state index contributed by atoms with van der Waals surface area (Å²) in [6, 6.07) is 5.36. The van der Waals surface area contributed by atoms with Gasteiger partial charge in [0.1, 0.15) is 0 Å². The predicted octanol–water partition coefficient (Wildman–Crippen LogP) is 2.59. The molecule has 0 saturated carbocycles. The molecular formula is C18H22ClN5O3. The van der Waals surface area contributed by atoms with Crippen molar-refractivity contribution in [2.75, 3.05) is 11.9 Å². The summed E-state index contributed by atoms with van der Waals surface area (Å²) < 4.78 is 4.87. The average Bonchev–Trinajstić information content (AvgIpc) is 2.58. The number of hydrogen-bond acceptors (Lipinski definition) is 5. The summed E-state index contributed by atoms with van der Waals surface area (Å²) in [5.74, 6) is -0.229. The average molecular weight is 392 g/mol. The van der Waals surface area contributed by atoms with Gasteiger partial charge in [0.25, 0.3) is 5.56 Å². The van der Waals surface area contributed by atoms with Gasteiger partial charge in [-0.3, -0.25) is 14.6 Å². The van der Waals surface area contributed by atoms with Gasteiger partial charge in [-0.1, -0.05) is 17.7 Å². The molecule has 0 bridgehead atoms. The summed E-state index contributed by atoms with van der Waals surface area (Å²) in [6.45, 7) is 5.56. The molecule has 1 aromatic carbocycles. The van der Waals surface area contributed by atoms with Crippen LogP contribution in [0.4, 0.5) is 11.6 Å². The highest BCUT2D eigenvalue weighted by Crippen LogP contribution is 2.22. The zero-order valence-corrected chi connectivity index (χ0v) is 16.2. The molecule has 0 spiro atoms. The first-order chi connectivity index (χ1) is 12.8. The summed E-state index contributed by atoms with van der Waals surface area (Å²) in [6.07, 6.45) is 0.353. The summed E-state index contributed by atoms with van der Waals surface area (Å²) in [5.41, 5.74) is 7.96. The first-order valence-electron chi connectivity index (χ1n) is 8.43. The molecule has 0 unspecified atom stereocenters. The molecule has 8 nitrogen and oxygen atoms in total. The highest BCUT2D eigenvalue weighted by atomic mass is 35.5. The van der Waals surface area contributed by atoms with Crippen molar-refractivity contribution in [3.05, 3.63) is 50.4 Å². The minimum Gasteiger partial charge on any atom is -0.466 e. The molecule has 0 radical (unpaired) electrons. The van der Waals surface area contributed by atoms with Crippen LogP contribution in [-0.4, -0.2) is 28.5 Å². The van der Waals surface area contributed by atoms with Gasteiger partial charge in [-0.25, -0.2) is 4.98 Å². The molecule has 0 amide bonds. The number of H-pyrrole nitrogens is 1. The summed E-state index contributed by atoms with van der Waals surface area (Å²) >= 11 is 6.07. The fourth-order valence-corrected chi connectivity index (χ4v) is 2.60. The van der Waals surface area contributed by atoms with Gasteiger partial charge in [0.05, 0.1) is 12.3 Å². The Morgan fingerprint density at radius 3 is 2.81 bits per heavy atom. The molecule has 2 aromatic rings. The molecule has 27 heavy (non-hydrogen) atoms. The SMILES string of the molecule is CCOC(=O)CCc1c(C)nc(N=C(N)Nc2cccc(Cl)c2C)[nH]c1=O. The zero-order chi connectivity index (χ0) is 20.0. The normalized spacial score (nSPS) is 11.3. The molecule has 4 N–H and O–H groups in total. The minimum absolute atomic E-state index is 0.0576. The topological polar surface area (TPSA) is 122 Å². The number of aromatic nitrogens is 2. The fourth-order valence-electron chi connectivity index (χ4n) is 2.43. The summed E-state index contributed by atoms with van der Waals surface area (Å²) in [4.78, 5) is 34.6. The number of ether oxygens (including phenoxy) is 1. The van der Waals surface area contributed by atoms with Crippen LogP contribution < -0.4 is 16.6 Å². The Kier molecular flexibility index (Phi) is 6.95. The van der Waals surface area contributed by atoms with Crippen molar-refractivity contribution in [2.24, 2.45) is 10.7 Å². The first-order valence-corrected chi connectivity index (χ1v) is 8.81. The number of guanidine groups is 1. The van der Waals surface area contributed by atoms with Crippen LogP contribution in [0.1, 0.15) is 30.2 Å². The van der Waals surface area contributed by atoms with Gasteiger partial charge in [-0.15, -0.1) is 0 Å². The number of hydrogen-bond donors (Lipinski definition) is 3. The van der Waals surface area contributed by atoms with Crippen LogP contribution in [0.2, 0.25) is 5.02 Å². The number of nitrogens with one attached hydrogen (secondary N) is 2. The second kappa shape index (κ2) is 9.18. The van der Waals surface area contributed by atoms with E-state index < -0.39 is 0 Å². The highest BCUT2D eigenvalue weighted by Gasteiger charge is 2.11. The molecule has 0 aliphatic rings. The van der Waals surface area contributed by atoms with Gasteiger partial charge in [0.2, 0.25) is 11.9 Å². The lowest BCUT2D eigenvalue weighted by atomic mass is 10.1. The molecule has 1 aromatic heterocycles. The van der Waals surface area contributed by atoms with E-state index in [0.29, 0.717) is 28.6 Å². The quantitative estimate of drug-likeness (QED) is 0.395. The first kappa shape index (κ1) is 20.4. The molecule has 0 fully saturated rings. The molecule has 0 atom stereocenters. The van der Waals surface area contributed by atoms with E-state index in [1.807, 2.05) is 13.0 Å². The van der Waals surface area contributed by atoms with Crippen LogP contribution >= 0.6 is 11.6 Å². The van der Waals surface area contributed by atoms with Crippen molar-refractivity contribution in [3.63, 3.8) is 0 Å². The van der Waals surface area contributed by atoms with Crippen LogP contribution in [0.5, 0.6) is 0 Å². The van der Waals surface area contributed by atoms with Crippen molar-refractivity contribution < 1.29 is 9.53 Å². The van der Waals surface area contributed by atoms with Crippen LogP contribution in [0.15, 0.2) is 28.0 Å². The Balaban J connectivity index is 2.17. The number of aromatic amines is 1. The van der Waals surface area contributed by atoms with Crippen LogP contribution in [0.25, 0.3) is 0 Å². The van der Waals surface area contributed by atoms with Crippen molar-refractivity contribution in [2.45, 2.75) is 33.6 Å². The van der Waals surface area contributed by atoms with E-state index in [1.54, 1.807) is 26.0 Å². The Hall–Kier alpha value is -2.87.